The van der Waals surface area contributed by atoms with Crippen molar-refractivity contribution in [2.45, 2.75) is 137 Å². The number of hydrogen-bond acceptors (Lipinski definition) is 20. The van der Waals surface area contributed by atoms with E-state index in [9.17, 15) is 66.1 Å². The quantitative estimate of drug-likeness (QED) is 0.101. The predicted octanol–water partition coefficient (Wildman–Crippen LogP) is -8.58. The van der Waals surface area contributed by atoms with Gasteiger partial charge in [0.15, 0.2) is 25.2 Å². The Bertz CT molecular complexity index is 1010. The number of carbonyl (C=O) groups is 1. The summed E-state index contributed by atoms with van der Waals surface area (Å²) in [4.78, 5) is 12.0. The standard InChI is InChI=1S/C26H45NO20/c1-6-12(32)16(36)18(38)24(41-6)47-22-21(46-25-19(39)17(37)13(33)8(3-28)43-25)15(35)10(5-30)44-26(22)45-20-11(27-7(2)31)23(40)42-9(4-29)14(20)34/h6,8-26,28-30,32-40H,3-5H2,1-2H3,(H,27,31)/t6?,8?,9?,10?,11?,12-,13+,14-,15+,16+,17+,18?,19?,20-,21+,22?,23?,24+,25-,26+/m1/s1. The van der Waals surface area contributed by atoms with Crippen molar-refractivity contribution in [2.24, 2.45) is 0 Å². The van der Waals surface area contributed by atoms with Gasteiger partial charge in [-0.15, -0.1) is 0 Å². The average Bonchev–Trinajstić information content (AvgIpc) is 3.04. The van der Waals surface area contributed by atoms with Gasteiger partial charge >= 0.3 is 0 Å². The number of carbonyl (C=O) groups excluding carboxylic acids is 1. The van der Waals surface area contributed by atoms with Gasteiger partial charge in [-0.2, -0.15) is 0 Å². The Labute approximate surface area is 267 Å². The molecular weight excluding hydrogens is 646 g/mol. The zero-order valence-corrected chi connectivity index (χ0v) is 25.3. The van der Waals surface area contributed by atoms with E-state index < -0.39 is 148 Å². The van der Waals surface area contributed by atoms with E-state index in [0.717, 1.165) is 6.92 Å². The lowest BCUT2D eigenvalue weighted by Gasteiger charge is -2.50. The van der Waals surface area contributed by atoms with Crippen molar-refractivity contribution in [3.63, 3.8) is 0 Å². The van der Waals surface area contributed by atoms with Gasteiger partial charge in [0.25, 0.3) is 0 Å². The molecule has 21 heteroatoms. The summed E-state index contributed by atoms with van der Waals surface area (Å²) in [5.74, 6) is -0.703. The van der Waals surface area contributed by atoms with Gasteiger partial charge in [-0.1, -0.05) is 0 Å². The van der Waals surface area contributed by atoms with E-state index in [1.807, 2.05) is 0 Å². The van der Waals surface area contributed by atoms with E-state index in [1.165, 1.54) is 6.92 Å². The molecule has 0 aromatic heterocycles. The van der Waals surface area contributed by atoms with Crippen LogP contribution in [0.3, 0.4) is 0 Å². The molecule has 0 aliphatic carbocycles. The van der Waals surface area contributed by atoms with Crippen molar-refractivity contribution in [1.82, 2.24) is 5.32 Å². The summed E-state index contributed by atoms with van der Waals surface area (Å²) in [6.45, 7) is -0.153. The fraction of sp³-hybridized carbons (Fsp3) is 0.962. The zero-order chi connectivity index (χ0) is 34.9. The maximum absolute atomic E-state index is 12.0. The van der Waals surface area contributed by atoms with Crippen molar-refractivity contribution < 1.29 is 99.2 Å². The maximum Gasteiger partial charge on any atom is 0.217 e. The third-order valence-corrected chi connectivity index (χ3v) is 8.57. The highest BCUT2D eigenvalue weighted by Gasteiger charge is 2.56. The van der Waals surface area contributed by atoms with Crippen LogP contribution in [0.5, 0.6) is 0 Å². The number of aliphatic hydroxyl groups excluding tert-OH is 12. The molecule has 4 heterocycles. The molecule has 1 amide bonds. The molecule has 20 atom stereocenters. The summed E-state index contributed by atoms with van der Waals surface area (Å²) in [6, 6.07) is -1.52. The van der Waals surface area contributed by atoms with Gasteiger partial charge in [0.05, 0.1) is 25.9 Å². The van der Waals surface area contributed by atoms with Crippen molar-refractivity contribution >= 4 is 5.91 Å². The topological polar surface area (TPSA) is 336 Å². The molecule has 274 valence electrons. The van der Waals surface area contributed by atoms with Gasteiger partial charge in [-0.3, -0.25) is 4.79 Å². The van der Waals surface area contributed by atoms with Crippen LogP contribution in [-0.4, -0.2) is 210 Å². The van der Waals surface area contributed by atoms with Crippen LogP contribution in [0.2, 0.25) is 0 Å². The first-order chi connectivity index (χ1) is 22.1. The van der Waals surface area contributed by atoms with Crippen LogP contribution >= 0.6 is 0 Å². The molecule has 0 aromatic carbocycles. The Morgan fingerprint density at radius 2 is 1.00 bits per heavy atom. The first-order valence-electron chi connectivity index (χ1n) is 15.0. The lowest BCUT2D eigenvalue weighted by atomic mass is 9.94. The number of amides is 1. The molecule has 13 N–H and O–H groups in total. The first kappa shape index (κ1) is 38.5. The first-order valence-corrected chi connectivity index (χ1v) is 15.0. The monoisotopic (exact) mass is 691 g/mol. The van der Waals surface area contributed by atoms with E-state index in [-0.39, 0.29) is 0 Å². The minimum atomic E-state index is -1.99. The van der Waals surface area contributed by atoms with Crippen LogP contribution in [0, 0.1) is 0 Å². The molecule has 4 fully saturated rings. The largest absolute Gasteiger partial charge is 0.394 e. The summed E-state index contributed by atoms with van der Waals surface area (Å²) in [5, 5.41) is 127. The summed E-state index contributed by atoms with van der Waals surface area (Å²) >= 11 is 0. The Morgan fingerprint density at radius 3 is 1.57 bits per heavy atom. The minimum absolute atomic E-state index is 0.703. The molecule has 21 nitrogen and oxygen atoms in total. The van der Waals surface area contributed by atoms with E-state index in [1.54, 1.807) is 0 Å². The maximum atomic E-state index is 12.0. The average molecular weight is 692 g/mol. The van der Waals surface area contributed by atoms with Crippen LogP contribution in [0.1, 0.15) is 13.8 Å². The Hall–Kier alpha value is -1.29. The molecule has 0 spiro atoms. The van der Waals surface area contributed by atoms with Crippen LogP contribution in [0.15, 0.2) is 0 Å². The Balaban J connectivity index is 1.73. The highest BCUT2D eigenvalue weighted by Crippen LogP contribution is 2.35. The number of nitrogens with one attached hydrogen (secondary N) is 1. The zero-order valence-electron chi connectivity index (χ0n) is 25.3. The molecular formula is C26H45NO20. The number of aliphatic hydroxyl groups is 12. The van der Waals surface area contributed by atoms with Gasteiger partial charge in [-0.05, 0) is 6.92 Å². The van der Waals surface area contributed by atoms with E-state index in [2.05, 4.69) is 5.32 Å². The van der Waals surface area contributed by atoms with Crippen LogP contribution in [0.4, 0.5) is 0 Å². The normalized spacial score (nSPS) is 51.0. The molecule has 4 rings (SSSR count). The lowest BCUT2D eigenvalue weighted by molar-refractivity contribution is -0.400. The molecule has 4 saturated heterocycles. The smallest absolute Gasteiger partial charge is 0.217 e. The van der Waals surface area contributed by atoms with Crippen LogP contribution < -0.4 is 5.32 Å². The van der Waals surface area contributed by atoms with Crippen molar-refractivity contribution in [3.8, 4) is 0 Å². The van der Waals surface area contributed by atoms with Gasteiger partial charge < -0.3 is 99.8 Å². The summed E-state index contributed by atoms with van der Waals surface area (Å²) in [7, 11) is 0. The highest BCUT2D eigenvalue weighted by atomic mass is 16.8. The van der Waals surface area contributed by atoms with Gasteiger partial charge in [0, 0.05) is 6.92 Å². The second-order valence-corrected chi connectivity index (χ2v) is 11.9. The summed E-state index contributed by atoms with van der Waals surface area (Å²) in [5.41, 5.74) is 0. The van der Waals surface area contributed by atoms with Gasteiger partial charge in [-0.25, -0.2) is 0 Å². The van der Waals surface area contributed by atoms with Crippen LogP contribution in [-0.2, 0) is 38.0 Å². The lowest BCUT2D eigenvalue weighted by Crippen LogP contribution is -2.69. The molecule has 4 aliphatic rings. The molecule has 0 aromatic rings. The fourth-order valence-electron chi connectivity index (χ4n) is 5.86. The molecule has 9 unspecified atom stereocenters. The molecule has 4 aliphatic heterocycles. The Kier molecular flexibility index (Phi) is 13.2. The SMILES string of the molecule is CC(=O)NC1C(O)OC(CO)[C@@H](O)[C@@H]1O[C@@H]1OC(CO)[C@H](O)[C@H](O[C@H]2OC(CO)[C@H](O)[C@H](O)C2O)C1O[C@@H]1OC(C)[C@@H](O)[C@H](O)C1O. The second kappa shape index (κ2) is 16.2. The summed E-state index contributed by atoms with van der Waals surface area (Å²) in [6.07, 6.45) is -33.2. The van der Waals surface area contributed by atoms with E-state index in [4.69, 9.17) is 33.2 Å². The third-order valence-electron chi connectivity index (χ3n) is 8.57. The predicted molar refractivity (Wildman–Crippen MR) is 144 cm³/mol. The fourth-order valence-corrected chi connectivity index (χ4v) is 5.86. The second-order valence-electron chi connectivity index (χ2n) is 11.9. The molecule has 47 heavy (non-hydrogen) atoms. The van der Waals surface area contributed by atoms with Crippen molar-refractivity contribution in [2.75, 3.05) is 19.8 Å². The minimum Gasteiger partial charge on any atom is -0.394 e. The molecule has 0 radical (unpaired) electrons. The van der Waals surface area contributed by atoms with E-state index >= 15 is 0 Å². The number of rotatable bonds is 10. The number of hydrogen-bond donors (Lipinski definition) is 13. The molecule has 0 saturated carbocycles. The highest BCUT2D eigenvalue weighted by molar-refractivity contribution is 5.73. The van der Waals surface area contributed by atoms with Crippen molar-refractivity contribution in [1.29, 1.82) is 0 Å². The number of ether oxygens (including phenoxy) is 7. The Morgan fingerprint density at radius 1 is 0.553 bits per heavy atom. The molecule has 0 bridgehead atoms. The van der Waals surface area contributed by atoms with Gasteiger partial charge in [0.2, 0.25) is 5.91 Å². The van der Waals surface area contributed by atoms with E-state index in [0.29, 0.717) is 0 Å². The summed E-state index contributed by atoms with van der Waals surface area (Å²) < 4.78 is 39.5. The van der Waals surface area contributed by atoms with Gasteiger partial charge in [0.1, 0.15) is 91.5 Å². The van der Waals surface area contributed by atoms with Crippen molar-refractivity contribution in [3.05, 3.63) is 0 Å². The third kappa shape index (κ3) is 8.04. The van der Waals surface area contributed by atoms with Crippen LogP contribution in [0.25, 0.3) is 0 Å².